The van der Waals surface area contributed by atoms with Crippen LogP contribution in [-0.4, -0.2) is 6.04 Å². The first kappa shape index (κ1) is 15.4. The van der Waals surface area contributed by atoms with Crippen molar-refractivity contribution >= 4 is 0 Å². The predicted molar refractivity (Wildman–Crippen MR) is 74.5 cm³/mol. The molecular weight excluding hydrogens is 194 g/mol. The van der Waals surface area contributed by atoms with Gasteiger partial charge in [-0.1, -0.05) is 37.1 Å². The fourth-order valence-corrected chi connectivity index (χ4v) is 2.11. The van der Waals surface area contributed by atoms with E-state index in [0.29, 0.717) is 0 Å². The van der Waals surface area contributed by atoms with Crippen molar-refractivity contribution in [3.05, 3.63) is 23.3 Å². The summed E-state index contributed by atoms with van der Waals surface area (Å²) >= 11 is 0. The van der Waals surface area contributed by atoms with E-state index in [0.717, 1.165) is 12.8 Å². The van der Waals surface area contributed by atoms with Crippen LogP contribution in [0.2, 0.25) is 0 Å². The van der Waals surface area contributed by atoms with Gasteiger partial charge in [-0.3, -0.25) is 0 Å². The van der Waals surface area contributed by atoms with Crippen LogP contribution < -0.4 is 5.73 Å². The second kappa shape index (κ2) is 8.58. The van der Waals surface area contributed by atoms with E-state index in [4.69, 9.17) is 5.73 Å². The van der Waals surface area contributed by atoms with Crippen molar-refractivity contribution in [2.24, 2.45) is 5.73 Å². The molecule has 1 rings (SSSR count). The third-order valence-corrected chi connectivity index (χ3v) is 3.32. The van der Waals surface area contributed by atoms with Gasteiger partial charge in [0.1, 0.15) is 0 Å². The lowest BCUT2D eigenvalue weighted by Crippen LogP contribution is -2.18. The van der Waals surface area contributed by atoms with E-state index in [-0.39, 0.29) is 6.04 Å². The Kier molecular flexibility index (Phi) is 8.28. The minimum Gasteiger partial charge on any atom is -0.324 e. The lowest BCUT2D eigenvalue weighted by atomic mass is 9.99. The van der Waals surface area contributed by atoms with Crippen molar-refractivity contribution < 1.29 is 0 Å². The summed E-state index contributed by atoms with van der Waals surface area (Å²) in [5.41, 5.74) is 10.1. The molecule has 0 aromatic heterocycles. The van der Waals surface area contributed by atoms with Crippen LogP contribution in [0.15, 0.2) is 23.3 Å². The van der Waals surface area contributed by atoms with E-state index < -0.39 is 0 Å². The van der Waals surface area contributed by atoms with Gasteiger partial charge in [0.05, 0.1) is 0 Å². The SMILES string of the molecule is C=C1CCCC1.CC/C(C)=C(\CC)C(C)N. The molecule has 16 heavy (non-hydrogen) atoms. The Bertz CT molecular complexity index is 228. The first-order valence-electron chi connectivity index (χ1n) is 6.63. The number of rotatable bonds is 3. The summed E-state index contributed by atoms with van der Waals surface area (Å²) in [5, 5.41) is 0. The lowest BCUT2D eigenvalue weighted by molar-refractivity contribution is 0.786. The van der Waals surface area contributed by atoms with Crippen molar-refractivity contribution in [3.8, 4) is 0 Å². The van der Waals surface area contributed by atoms with E-state index in [1.165, 1.54) is 42.4 Å². The second-order valence-electron chi connectivity index (χ2n) is 4.76. The molecule has 1 heteroatoms. The van der Waals surface area contributed by atoms with E-state index in [9.17, 15) is 0 Å². The maximum Gasteiger partial charge on any atom is 0.0227 e. The van der Waals surface area contributed by atoms with Crippen molar-refractivity contribution in [3.63, 3.8) is 0 Å². The second-order valence-corrected chi connectivity index (χ2v) is 4.76. The highest BCUT2D eigenvalue weighted by molar-refractivity contribution is 5.16. The molecule has 0 spiro atoms. The van der Waals surface area contributed by atoms with Gasteiger partial charge >= 0.3 is 0 Å². The molecule has 1 aliphatic rings. The highest BCUT2D eigenvalue weighted by atomic mass is 14.6. The third-order valence-electron chi connectivity index (χ3n) is 3.32. The Balaban J connectivity index is 0.000000315. The molecule has 0 bridgehead atoms. The summed E-state index contributed by atoms with van der Waals surface area (Å²) in [7, 11) is 0. The van der Waals surface area contributed by atoms with Gasteiger partial charge in [-0.25, -0.2) is 0 Å². The molecule has 0 aliphatic heterocycles. The Hall–Kier alpha value is -0.560. The van der Waals surface area contributed by atoms with Crippen LogP contribution in [0.3, 0.4) is 0 Å². The van der Waals surface area contributed by atoms with Crippen molar-refractivity contribution in [2.45, 2.75) is 72.3 Å². The highest BCUT2D eigenvalue weighted by Gasteiger charge is 2.03. The molecule has 0 heterocycles. The van der Waals surface area contributed by atoms with Crippen LogP contribution in [-0.2, 0) is 0 Å². The molecular formula is C15H29N. The Morgan fingerprint density at radius 3 is 1.88 bits per heavy atom. The summed E-state index contributed by atoms with van der Waals surface area (Å²) in [4.78, 5) is 0. The fraction of sp³-hybridized carbons (Fsp3) is 0.733. The smallest absolute Gasteiger partial charge is 0.0227 e. The quantitative estimate of drug-likeness (QED) is 0.696. The van der Waals surface area contributed by atoms with Gasteiger partial charge in [0.2, 0.25) is 0 Å². The fourth-order valence-electron chi connectivity index (χ4n) is 2.11. The van der Waals surface area contributed by atoms with Gasteiger partial charge in [0, 0.05) is 6.04 Å². The molecule has 0 amide bonds. The monoisotopic (exact) mass is 223 g/mol. The number of allylic oxidation sites excluding steroid dienone is 2. The van der Waals surface area contributed by atoms with Crippen molar-refractivity contribution in [1.82, 2.24) is 0 Å². The van der Waals surface area contributed by atoms with Crippen LogP contribution >= 0.6 is 0 Å². The molecule has 1 atom stereocenters. The summed E-state index contributed by atoms with van der Waals surface area (Å²) in [6, 6.07) is 0.241. The van der Waals surface area contributed by atoms with Gasteiger partial charge < -0.3 is 5.73 Å². The van der Waals surface area contributed by atoms with Gasteiger partial charge in [-0.2, -0.15) is 0 Å². The topological polar surface area (TPSA) is 26.0 Å². The lowest BCUT2D eigenvalue weighted by Gasteiger charge is -2.12. The van der Waals surface area contributed by atoms with E-state index in [1.807, 2.05) is 0 Å². The Morgan fingerprint density at radius 2 is 1.75 bits per heavy atom. The van der Waals surface area contributed by atoms with Crippen LogP contribution in [0.1, 0.15) is 66.2 Å². The number of hydrogen-bond donors (Lipinski definition) is 1. The molecule has 0 aromatic carbocycles. The summed E-state index contributed by atoms with van der Waals surface area (Å²) in [6.45, 7) is 12.4. The van der Waals surface area contributed by atoms with Gasteiger partial charge in [0.15, 0.2) is 0 Å². The van der Waals surface area contributed by atoms with E-state index in [1.54, 1.807) is 0 Å². The maximum atomic E-state index is 5.77. The molecule has 1 aliphatic carbocycles. The molecule has 94 valence electrons. The van der Waals surface area contributed by atoms with Crippen LogP contribution in [0.4, 0.5) is 0 Å². The molecule has 0 saturated heterocycles. The van der Waals surface area contributed by atoms with Crippen molar-refractivity contribution in [1.29, 1.82) is 0 Å². The zero-order chi connectivity index (χ0) is 12.6. The van der Waals surface area contributed by atoms with Crippen LogP contribution in [0.25, 0.3) is 0 Å². The molecule has 0 aromatic rings. The average Bonchev–Trinajstić information content (AvgIpc) is 2.70. The highest BCUT2D eigenvalue weighted by Crippen LogP contribution is 2.20. The largest absolute Gasteiger partial charge is 0.324 e. The summed E-state index contributed by atoms with van der Waals surface area (Å²) in [5.74, 6) is 0. The predicted octanol–water partition coefficient (Wildman–Crippen LogP) is 4.59. The molecule has 1 saturated carbocycles. The molecule has 1 nitrogen and oxygen atoms in total. The first-order chi connectivity index (χ1) is 7.52. The van der Waals surface area contributed by atoms with Crippen LogP contribution in [0, 0.1) is 0 Å². The Morgan fingerprint density at radius 1 is 1.25 bits per heavy atom. The minimum absolute atomic E-state index is 0.241. The molecule has 1 unspecified atom stereocenters. The molecule has 0 radical (unpaired) electrons. The third kappa shape index (κ3) is 6.12. The summed E-state index contributed by atoms with van der Waals surface area (Å²) in [6.07, 6.45) is 7.58. The average molecular weight is 223 g/mol. The van der Waals surface area contributed by atoms with Gasteiger partial charge in [-0.05, 0) is 52.4 Å². The Labute approximate surface area is 102 Å². The summed E-state index contributed by atoms with van der Waals surface area (Å²) < 4.78 is 0. The molecule has 1 fully saturated rings. The normalized spacial score (nSPS) is 18.7. The zero-order valence-electron chi connectivity index (χ0n) is 11.6. The van der Waals surface area contributed by atoms with Gasteiger partial charge in [0.25, 0.3) is 0 Å². The first-order valence-corrected chi connectivity index (χ1v) is 6.63. The van der Waals surface area contributed by atoms with E-state index in [2.05, 4.69) is 34.3 Å². The van der Waals surface area contributed by atoms with Gasteiger partial charge in [-0.15, -0.1) is 0 Å². The zero-order valence-corrected chi connectivity index (χ0v) is 11.6. The number of hydrogen-bond acceptors (Lipinski definition) is 1. The van der Waals surface area contributed by atoms with Crippen LogP contribution in [0.5, 0.6) is 0 Å². The number of nitrogens with two attached hydrogens (primary N) is 1. The standard InChI is InChI=1S/C9H19N.C6H10/c1-5-7(3)9(6-2)8(4)10;1-6-4-2-3-5-6/h8H,5-6,10H2,1-4H3;1-5H2/b9-7+;. The van der Waals surface area contributed by atoms with Crippen molar-refractivity contribution in [2.75, 3.05) is 0 Å². The van der Waals surface area contributed by atoms with E-state index >= 15 is 0 Å². The maximum absolute atomic E-state index is 5.77. The molecule has 2 N–H and O–H groups in total. The minimum atomic E-state index is 0.241.